The number of nitrogens with zero attached hydrogens (tertiary/aromatic N) is 3. The first kappa shape index (κ1) is 30.7. The number of hydrogen-bond acceptors (Lipinski definition) is 6. The number of methoxy groups -OCH3 is 2. The van der Waals surface area contributed by atoms with Gasteiger partial charge in [-0.15, -0.1) is 0 Å². The maximum absolute atomic E-state index is 13.6. The number of aromatic nitrogens is 2. The second kappa shape index (κ2) is 10.7. The molecule has 0 bridgehead atoms. The molecule has 0 amide bonds. The van der Waals surface area contributed by atoms with E-state index in [-0.39, 0.29) is 17.0 Å². The van der Waals surface area contributed by atoms with Crippen LogP contribution in [0.5, 0.6) is 0 Å². The lowest BCUT2D eigenvalue weighted by Gasteiger charge is -2.33. The molecule has 1 heterocycles. The van der Waals surface area contributed by atoms with Crippen LogP contribution < -0.4 is 10.5 Å². The number of esters is 1. The Balaban J connectivity index is 3.20. The Bertz CT molecular complexity index is 1250. The average molecular weight is 635 g/mol. The van der Waals surface area contributed by atoms with Crippen molar-refractivity contribution in [1.29, 1.82) is 0 Å². The molecular formula is C19H14BrClF9N3O4. The summed E-state index contributed by atoms with van der Waals surface area (Å²) in [6, 6.07) is -0.291. The molecule has 37 heavy (non-hydrogen) atoms. The Labute approximate surface area is 214 Å². The minimum Gasteiger partial charge on any atom is -0.466 e. The average Bonchev–Trinajstić information content (AvgIpc) is 2.76. The first-order chi connectivity index (χ1) is 16.8. The van der Waals surface area contributed by atoms with Gasteiger partial charge >= 0.3 is 24.5 Å². The summed E-state index contributed by atoms with van der Waals surface area (Å²) in [7, 11) is 1.50. The zero-order valence-electron chi connectivity index (χ0n) is 18.6. The number of carbonyl (C=O) groups excluding carboxylic acids is 1. The van der Waals surface area contributed by atoms with Gasteiger partial charge in [0.25, 0.3) is 5.56 Å². The van der Waals surface area contributed by atoms with Crippen molar-refractivity contribution in [1.82, 2.24) is 9.55 Å². The van der Waals surface area contributed by atoms with Gasteiger partial charge in [0.15, 0.2) is 5.69 Å². The predicted octanol–water partition coefficient (Wildman–Crippen LogP) is 6.02. The Morgan fingerprint density at radius 3 is 2.05 bits per heavy atom. The quantitative estimate of drug-likeness (QED) is 0.220. The van der Waals surface area contributed by atoms with E-state index in [4.69, 9.17) is 16.3 Å². The molecule has 0 aliphatic rings. The van der Waals surface area contributed by atoms with Crippen LogP contribution in [0.1, 0.15) is 23.7 Å². The highest BCUT2D eigenvalue weighted by atomic mass is 79.9. The van der Waals surface area contributed by atoms with Crippen LogP contribution in [-0.4, -0.2) is 36.0 Å². The van der Waals surface area contributed by atoms with Crippen molar-refractivity contribution in [3.05, 3.63) is 48.8 Å². The highest BCUT2D eigenvalue weighted by Gasteiger charge is 2.44. The van der Waals surface area contributed by atoms with Gasteiger partial charge in [-0.25, -0.2) is 9.78 Å². The van der Waals surface area contributed by atoms with Crippen molar-refractivity contribution in [3.63, 3.8) is 0 Å². The van der Waals surface area contributed by atoms with Crippen LogP contribution in [0.4, 0.5) is 51.1 Å². The Morgan fingerprint density at radius 1 is 1.08 bits per heavy atom. The Morgan fingerprint density at radius 2 is 1.65 bits per heavy atom. The predicted molar refractivity (Wildman–Crippen MR) is 113 cm³/mol. The first-order valence-corrected chi connectivity index (χ1v) is 10.7. The third-order valence-electron chi connectivity index (χ3n) is 4.70. The van der Waals surface area contributed by atoms with Gasteiger partial charge in [-0.3, -0.25) is 14.3 Å². The lowest BCUT2D eigenvalue weighted by Crippen LogP contribution is -2.44. The van der Waals surface area contributed by atoms with Crippen LogP contribution in [0.15, 0.2) is 21.4 Å². The molecule has 206 valence electrons. The fourth-order valence-electron chi connectivity index (χ4n) is 3.08. The third kappa shape index (κ3) is 6.14. The number of alkyl halides is 9. The molecule has 2 aromatic rings. The SMILES string of the molecule is CCn1c(N(c2cc(C(F)(F)F)cc(C(F)(F)F)c2Cl)C(OC)C(=O)OC)nc(C(F)(F)F)c(Br)c1=O. The lowest BCUT2D eigenvalue weighted by atomic mass is 10.1. The van der Waals surface area contributed by atoms with Gasteiger partial charge in [0.05, 0.1) is 28.9 Å². The van der Waals surface area contributed by atoms with Crippen LogP contribution in [-0.2, 0) is 39.3 Å². The maximum Gasteiger partial charge on any atom is 0.434 e. The monoisotopic (exact) mass is 633 g/mol. The van der Waals surface area contributed by atoms with E-state index in [1.165, 1.54) is 6.92 Å². The molecule has 0 spiro atoms. The molecule has 18 heteroatoms. The topological polar surface area (TPSA) is 73.7 Å². The summed E-state index contributed by atoms with van der Waals surface area (Å²) in [6.07, 6.45) is -18.6. The lowest BCUT2D eigenvalue weighted by molar-refractivity contribution is -0.151. The van der Waals surface area contributed by atoms with Crippen molar-refractivity contribution < 1.29 is 53.8 Å². The van der Waals surface area contributed by atoms with Crippen molar-refractivity contribution >= 4 is 45.1 Å². The molecule has 1 atom stereocenters. The summed E-state index contributed by atoms with van der Waals surface area (Å²) < 4.78 is 131. The smallest absolute Gasteiger partial charge is 0.434 e. The van der Waals surface area contributed by atoms with Crippen molar-refractivity contribution in [2.45, 2.75) is 38.2 Å². The molecule has 1 unspecified atom stereocenters. The zero-order chi connectivity index (χ0) is 28.7. The molecule has 0 fully saturated rings. The van der Waals surface area contributed by atoms with Gasteiger partial charge < -0.3 is 9.47 Å². The number of anilines is 2. The fraction of sp³-hybridized carbons (Fsp3) is 0.421. The van der Waals surface area contributed by atoms with Crippen molar-refractivity contribution in [2.24, 2.45) is 0 Å². The van der Waals surface area contributed by atoms with E-state index in [2.05, 4.69) is 25.7 Å². The molecular weight excluding hydrogens is 621 g/mol. The second-order valence-electron chi connectivity index (χ2n) is 6.96. The zero-order valence-corrected chi connectivity index (χ0v) is 20.9. The molecule has 1 aromatic heterocycles. The fourth-order valence-corrected chi connectivity index (χ4v) is 3.91. The molecule has 7 nitrogen and oxygen atoms in total. The largest absolute Gasteiger partial charge is 0.466 e. The van der Waals surface area contributed by atoms with Crippen LogP contribution in [0.25, 0.3) is 0 Å². The molecule has 0 aliphatic heterocycles. The molecule has 2 rings (SSSR count). The summed E-state index contributed by atoms with van der Waals surface area (Å²) >= 11 is 8.27. The van der Waals surface area contributed by atoms with Gasteiger partial charge in [-0.2, -0.15) is 39.5 Å². The van der Waals surface area contributed by atoms with E-state index in [0.29, 0.717) is 4.57 Å². The number of benzene rings is 1. The maximum atomic E-state index is 13.6. The van der Waals surface area contributed by atoms with E-state index >= 15 is 0 Å². The Hall–Kier alpha value is -2.53. The molecule has 0 radical (unpaired) electrons. The van der Waals surface area contributed by atoms with E-state index in [0.717, 1.165) is 14.2 Å². The number of rotatable bonds is 6. The van der Waals surface area contributed by atoms with Gasteiger partial charge in [0, 0.05) is 13.7 Å². The summed E-state index contributed by atoms with van der Waals surface area (Å²) in [4.78, 5) is 28.5. The van der Waals surface area contributed by atoms with Crippen LogP contribution >= 0.6 is 27.5 Å². The normalized spacial score (nSPS) is 13.5. The Kier molecular flexibility index (Phi) is 8.86. The number of ether oxygens (including phenoxy) is 2. The summed E-state index contributed by atoms with van der Waals surface area (Å²) in [5, 5.41) is -1.46. The van der Waals surface area contributed by atoms with E-state index in [9.17, 15) is 49.1 Å². The summed E-state index contributed by atoms with van der Waals surface area (Å²) in [5.41, 5.74) is -8.58. The molecule has 0 aliphatic carbocycles. The number of hydrogen-bond donors (Lipinski definition) is 0. The van der Waals surface area contributed by atoms with Gasteiger partial charge in [-0.1, -0.05) is 11.6 Å². The van der Waals surface area contributed by atoms with Crippen LogP contribution in [0, 0.1) is 0 Å². The van der Waals surface area contributed by atoms with Gasteiger partial charge in [0.2, 0.25) is 12.2 Å². The summed E-state index contributed by atoms with van der Waals surface area (Å²) in [5.74, 6) is -2.70. The molecule has 0 N–H and O–H groups in total. The van der Waals surface area contributed by atoms with E-state index < -0.39 is 80.8 Å². The highest BCUT2D eigenvalue weighted by molar-refractivity contribution is 9.10. The van der Waals surface area contributed by atoms with E-state index in [1.807, 2.05) is 0 Å². The van der Waals surface area contributed by atoms with Gasteiger partial charge in [-0.05, 0) is 35.0 Å². The van der Waals surface area contributed by atoms with Crippen molar-refractivity contribution in [3.8, 4) is 0 Å². The second-order valence-corrected chi connectivity index (χ2v) is 8.13. The van der Waals surface area contributed by atoms with Gasteiger partial charge in [0.1, 0.15) is 4.47 Å². The molecule has 0 saturated carbocycles. The van der Waals surface area contributed by atoms with Crippen LogP contribution in [0.2, 0.25) is 5.02 Å². The first-order valence-electron chi connectivity index (χ1n) is 9.56. The number of carbonyl (C=O) groups is 1. The van der Waals surface area contributed by atoms with Crippen molar-refractivity contribution in [2.75, 3.05) is 19.1 Å². The summed E-state index contributed by atoms with van der Waals surface area (Å²) in [6.45, 7) is 0.702. The van der Waals surface area contributed by atoms with E-state index in [1.54, 1.807) is 0 Å². The minimum absolute atomic E-state index is 0.0357. The molecule has 0 saturated heterocycles. The molecule has 1 aromatic carbocycles. The number of halogens is 11. The highest BCUT2D eigenvalue weighted by Crippen LogP contribution is 2.46. The minimum atomic E-state index is -5.48. The third-order valence-corrected chi connectivity index (χ3v) is 5.81. The standard InChI is InChI=1S/C19H14BrClF9N3O4/c1-4-32-13(34)10(20)12(19(28,29)30)31-16(32)33(14(36-2)15(35)37-3)9-6-7(17(22,23)24)5-8(11(9)21)18(25,26)27/h5-6,14H,4H2,1-3H3. The van der Waals surface area contributed by atoms with Crippen LogP contribution in [0.3, 0.4) is 0 Å².